The molecule has 1 aliphatic rings. The SMILES string of the molecule is [B]C(Nc1cc(Cl)c2ncc(C#N)c(Nc3cnc(F)c(F)c3)c2c1)(C1=CNNN1)c1cccnc1C. The van der Waals surface area contributed by atoms with Gasteiger partial charge in [-0.3, -0.25) is 9.97 Å². The van der Waals surface area contributed by atoms with Crippen LogP contribution in [0.15, 0.2) is 60.8 Å². The molecule has 182 valence electrons. The Hall–Kier alpha value is -4.47. The number of hydrazine groups is 2. The number of hydrogen-bond acceptors (Lipinski definition) is 9. The summed E-state index contributed by atoms with van der Waals surface area (Å²) >= 11 is 6.60. The zero-order chi connectivity index (χ0) is 26.2. The smallest absolute Gasteiger partial charge is 0.249 e. The Morgan fingerprint density at radius 1 is 1.14 bits per heavy atom. The Balaban J connectivity index is 1.65. The van der Waals surface area contributed by atoms with Gasteiger partial charge >= 0.3 is 0 Å². The van der Waals surface area contributed by atoms with E-state index in [1.165, 1.54) is 6.20 Å². The minimum absolute atomic E-state index is 0.133. The Labute approximate surface area is 216 Å². The summed E-state index contributed by atoms with van der Waals surface area (Å²) in [6.07, 6.45) is 5.79. The molecule has 3 aromatic heterocycles. The summed E-state index contributed by atoms with van der Waals surface area (Å²) in [5.74, 6) is -2.37. The quantitative estimate of drug-likeness (QED) is 0.193. The first-order chi connectivity index (χ1) is 17.8. The van der Waals surface area contributed by atoms with Crippen LogP contribution in [0.2, 0.25) is 5.02 Å². The van der Waals surface area contributed by atoms with Crippen LogP contribution < -0.4 is 27.0 Å². The highest BCUT2D eigenvalue weighted by Crippen LogP contribution is 2.38. The second-order valence-electron chi connectivity index (χ2n) is 8.16. The van der Waals surface area contributed by atoms with Gasteiger partial charge in [0.15, 0.2) is 5.82 Å². The van der Waals surface area contributed by atoms with Crippen molar-refractivity contribution in [2.75, 3.05) is 10.6 Å². The molecule has 0 spiro atoms. The van der Waals surface area contributed by atoms with Crippen LogP contribution in [0.5, 0.6) is 0 Å². The van der Waals surface area contributed by atoms with E-state index in [0.717, 1.165) is 12.3 Å². The van der Waals surface area contributed by atoms with Gasteiger partial charge in [-0.2, -0.15) is 15.2 Å². The van der Waals surface area contributed by atoms with Crippen LogP contribution in [0.3, 0.4) is 0 Å². The van der Waals surface area contributed by atoms with E-state index in [2.05, 4.69) is 48.0 Å². The maximum absolute atomic E-state index is 13.8. The average molecular weight is 516 g/mol. The molecule has 0 saturated heterocycles. The Kier molecular flexibility index (Phi) is 6.25. The van der Waals surface area contributed by atoms with Crippen LogP contribution in [0.1, 0.15) is 16.8 Å². The van der Waals surface area contributed by atoms with Gasteiger partial charge in [-0.05, 0) is 30.7 Å². The molecule has 1 aromatic carbocycles. The van der Waals surface area contributed by atoms with Crippen molar-refractivity contribution < 1.29 is 8.78 Å². The highest BCUT2D eigenvalue weighted by atomic mass is 35.5. The number of nitriles is 1. The Morgan fingerprint density at radius 3 is 2.68 bits per heavy atom. The van der Waals surface area contributed by atoms with Crippen molar-refractivity contribution in [2.24, 2.45) is 0 Å². The van der Waals surface area contributed by atoms with Gasteiger partial charge in [-0.1, -0.05) is 17.7 Å². The van der Waals surface area contributed by atoms with Gasteiger partial charge in [0.1, 0.15) is 13.9 Å². The highest BCUT2D eigenvalue weighted by molar-refractivity contribution is 6.36. The molecule has 1 atom stereocenters. The predicted molar refractivity (Wildman–Crippen MR) is 136 cm³/mol. The fourth-order valence-electron chi connectivity index (χ4n) is 4.05. The van der Waals surface area contributed by atoms with Gasteiger partial charge in [-0.25, -0.2) is 9.37 Å². The molecular formula is C24H17BClF2N9. The number of anilines is 3. The van der Waals surface area contributed by atoms with E-state index >= 15 is 0 Å². The van der Waals surface area contributed by atoms with E-state index in [-0.39, 0.29) is 22.0 Å². The molecule has 0 fully saturated rings. The van der Waals surface area contributed by atoms with Gasteiger partial charge in [0.2, 0.25) is 5.95 Å². The highest BCUT2D eigenvalue weighted by Gasteiger charge is 2.34. The van der Waals surface area contributed by atoms with E-state index in [0.29, 0.717) is 33.5 Å². The van der Waals surface area contributed by atoms with Gasteiger partial charge < -0.3 is 21.5 Å². The normalized spacial score (nSPS) is 14.2. The first kappa shape index (κ1) is 24.2. The van der Waals surface area contributed by atoms with Crippen LogP contribution in [0.4, 0.5) is 25.8 Å². The Morgan fingerprint density at radius 2 is 1.97 bits per heavy atom. The number of pyridine rings is 3. The number of benzene rings is 1. The minimum atomic E-state index is -1.29. The van der Waals surface area contributed by atoms with Crippen molar-refractivity contribution in [3.8, 4) is 6.07 Å². The maximum Gasteiger partial charge on any atom is 0.249 e. The molecule has 0 bridgehead atoms. The van der Waals surface area contributed by atoms with Crippen molar-refractivity contribution in [3.05, 3.63) is 94.4 Å². The lowest BCUT2D eigenvalue weighted by Crippen LogP contribution is -2.45. The molecule has 0 aliphatic carbocycles. The molecule has 9 nitrogen and oxygen atoms in total. The fourth-order valence-corrected chi connectivity index (χ4v) is 4.32. The summed E-state index contributed by atoms with van der Waals surface area (Å²) in [5.41, 5.74) is 10.7. The zero-order valence-electron chi connectivity index (χ0n) is 19.2. The minimum Gasteiger partial charge on any atom is -0.378 e. The number of fused-ring (bicyclic) bond motifs is 1. The average Bonchev–Trinajstić information content (AvgIpc) is 3.43. The molecule has 5 N–H and O–H groups in total. The third-order valence-electron chi connectivity index (χ3n) is 5.79. The second kappa shape index (κ2) is 9.53. The molecule has 2 radical (unpaired) electrons. The molecule has 5 rings (SSSR count). The van der Waals surface area contributed by atoms with Crippen molar-refractivity contribution in [1.29, 1.82) is 5.26 Å². The predicted octanol–water partition coefficient (Wildman–Crippen LogP) is 3.77. The number of aryl methyl sites for hydroxylation is 1. The summed E-state index contributed by atoms with van der Waals surface area (Å²) in [4.78, 5) is 12.1. The lowest BCUT2D eigenvalue weighted by molar-refractivity contribution is 0.480. The maximum atomic E-state index is 13.8. The van der Waals surface area contributed by atoms with E-state index in [4.69, 9.17) is 19.4 Å². The number of aromatic nitrogens is 3. The summed E-state index contributed by atoms with van der Waals surface area (Å²) in [5, 5.41) is 16.7. The van der Waals surface area contributed by atoms with Crippen LogP contribution in [-0.4, -0.2) is 22.8 Å². The molecule has 4 aromatic rings. The second-order valence-corrected chi connectivity index (χ2v) is 8.56. The molecule has 0 amide bonds. The summed E-state index contributed by atoms with van der Waals surface area (Å²) in [7, 11) is 6.93. The summed E-state index contributed by atoms with van der Waals surface area (Å²) in [6.45, 7) is 1.84. The summed E-state index contributed by atoms with van der Waals surface area (Å²) < 4.78 is 27.2. The van der Waals surface area contributed by atoms with E-state index in [1.54, 1.807) is 30.6 Å². The first-order valence-electron chi connectivity index (χ1n) is 10.9. The third kappa shape index (κ3) is 4.46. The van der Waals surface area contributed by atoms with E-state index in [1.807, 2.05) is 13.0 Å². The topological polar surface area (TPSA) is 123 Å². The number of rotatable bonds is 6. The van der Waals surface area contributed by atoms with Crippen molar-refractivity contribution in [2.45, 2.75) is 12.4 Å². The molecule has 4 heterocycles. The lowest BCUT2D eigenvalue weighted by Gasteiger charge is -2.35. The van der Waals surface area contributed by atoms with Crippen molar-refractivity contribution in [3.63, 3.8) is 0 Å². The number of nitrogens with zero attached hydrogens (tertiary/aromatic N) is 4. The van der Waals surface area contributed by atoms with Crippen LogP contribution in [0.25, 0.3) is 10.9 Å². The van der Waals surface area contributed by atoms with Gasteiger partial charge in [0.25, 0.3) is 0 Å². The Bertz CT molecular complexity index is 1610. The number of nitrogens with one attached hydrogen (secondary N) is 5. The van der Waals surface area contributed by atoms with E-state index in [9.17, 15) is 14.0 Å². The standard InChI is InChI=1S/C24H17BClF2N9/c1-12-17(3-2-4-30-12)24(25,20-11-33-37-36-20)35-14-5-16-21(34-15-7-19(27)23(28)32-10-15)13(8-29)9-31-22(16)18(26)6-14/h2-7,9-11,33,35-37H,1H3,(H,31,34). The zero-order valence-corrected chi connectivity index (χ0v) is 20.0. The van der Waals surface area contributed by atoms with E-state index < -0.39 is 17.2 Å². The molecule has 1 aliphatic heterocycles. The van der Waals surface area contributed by atoms with Crippen molar-refractivity contribution in [1.82, 2.24) is 31.3 Å². The van der Waals surface area contributed by atoms with Gasteiger partial charge in [-0.15, -0.1) is 0 Å². The fraction of sp³-hybridized carbons (Fsp3) is 0.0833. The van der Waals surface area contributed by atoms with Gasteiger partial charge in [0.05, 0.1) is 44.8 Å². The monoisotopic (exact) mass is 515 g/mol. The van der Waals surface area contributed by atoms with Crippen molar-refractivity contribution >= 4 is 47.4 Å². The molecule has 1 unspecified atom stereocenters. The van der Waals surface area contributed by atoms with Gasteiger partial charge in [0, 0.05) is 41.4 Å². The number of halogens is 3. The third-order valence-corrected chi connectivity index (χ3v) is 6.08. The van der Waals surface area contributed by atoms with Crippen LogP contribution >= 0.6 is 11.6 Å². The molecule has 37 heavy (non-hydrogen) atoms. The molecule has 13 heteroatoms. The first-order valence-corrected chi connectivity index (χ1v) is 11.2. The number of hydrogen-bond donors (Lipinski definition) is 5. The molecular weight excluding hydrogens is 499 g/mol. The molecule has 0 saturated carbocycles. The lowest BCUT2D eigenvalue weighted by atomic mass is 9.69. The van der Waals surface area contributed by atoms with Crippen LogP contribution in [0, 0.1) is 30.0 Å². The summed E-state index contributed by atoms with van der Waals surface area (Å²) in [6, 6.07) is 9.96. The van der Waals surface area contributed by atoms with Crippen LogP contribution in [-0.2, 0) is 5.44 Å². The largest absolute Gasteiger partial charge is 0.378 e.